The van der Waals surface area contributed by atoms with Crippen molar-refractivity contribution in [3.05, 3.63) is 52.4 Å². The predicted octanol–water partition coefficient (Wildman–Crippen LogP) is 3.31. The molecule has 0 aliphatic heterocycles. The quantitative estimate of drug-likeness (QED) is 0.779. The summed E-state index contributed by atoms with van der Waals surface area (Å²) in [6.45, 7) is 2.00. The minimum atomic E-state index is -0.243. The van der Waals surface area contributed by atoms with Crippen LogP contribution in [0.25, 0.3) is 10.2 Å². The number of hydrogen-bond donors (Lipinski definition) is 1. The molecular formula is C14H12FN3S. The zero-order valence-electron chi connectivity index (χ0n) is 10.4. The average Bonchev–Trinajstić information content (AvgIpc) is 2.73. The predicted molar refractivity (Wildman–Crippen MR) is 75.8 cm³/mol. The Balaban J connectivity index is 2.04. The molecule has 0 bridgehead atoms. The van der Waals surface area contributed by atoms with E-state index in [9.17, 15) is 4.39 Å². The fourth-order valence-corrected chi connectivity index (χ4v) is 2.91. The van der Waals surface area contributed by atoms with E-state index in [1.165, 1.54) is 6.07 Å². The lowest BCUT2D eigenvalue weighted by molar-refractivity contribution is 0.612. The number of anilines is 1. The Morgan fingerprint density at radius 3 is 2.84 bits per heavy atom. The molecular weight excluding hydrogens is 261 g/mol. The zero-order valence-corrected chi connectivity index (χ0v) is 11.2. The number of nitrogens with two attached hydrogens (primary N) is 1. The maximum atomic E-state index is 13.6. The molecule has 0 saturated carbocycles. The smallest absolute Gasteiger partial charge is 0.136 e. The number of fused-ring (bicyclic) bond motifs is 1. The molecule has 0 aliphatic rings. The third kappa shape index (κ3) is 2.29. The maximum Gasteiger partial charge on any atom is 0.136 e. The summed E-state index contributed by atoms with van der Waals surface area (Å²) in [4.78, 5) is 10.7. The molecule has 2 N–H and O–H groups in total. The van der Waals surface area contributed by atoms with Crippen molar-refractivity contribution >= 4 is 27.4 Å². The molecule has 0 amide bonds. The largest absolute Gasteiger partial charge is 0.383 e. The lowest BCUT2D eigenvalue weighted by atomic mass is 10.1. The lowest BCUT2D eigenvalue weighted by Gasteiger charge is -2.03. The molecule has 0 atom stereocenters. The summed E-state index contributed by atoms with van der Waals surface area (Å²) in [5.41, 5.74) is 6.50. The Morgan fingerprint density at radius 2 is 2.05 bits per heavy atom. The van der Waals surface area contributed by atoms with Gasteiger partial charge in [-0.15, -0.1) is 11.3 Å². The van der Waals surface area contributed by atoms with E-state index in [1.807, 2.05) is 13.0 Å². The third-order valence-corrected chi connectivity index (χ3v) is 3.84. The molecule has 0 unspecified atom stereocenters. The molecule has 0 radical (unpaired) electrons. The number of aromatic nitrogens is 2. The van der Waals surface area contributed by atoms with Crippen LogP contribution in [0, 0.1) is 12.7 Å². The summed E-state index contributed by atoms with van der Waals surface area (Å²) in [5, 5.41) is 0.875. The first-order valence-corrected chi connectivity index (χ1v) is 6.71. The molecule has 3 aromatic rings. The molecule has 0 aliphatic carbocycles. The SMILES string of the molecule is Cc1cc2c(N)nc(Cc3ccccc3F)nc2s1. The molecule has 2 heterocycles. The normalized spacial score (nSPS) is 11.1. The highest BCUT2D eigenvalue weighted by Gasteiger charge is 2.10. The van der Waals surface area contributed by atoms with E-state index in [2.05, 4.69) is 9.97 Å². The first-order valence-electron chi connectivity index (χ1n) is 5.89. The van der Waals surface area contributed by atoms with Crippen LogP contribution in [0.5, 0.6) is 0 Å². The molecule has 2 aromatic heterocycles. The molecule has 0 spiro atoms. The van der Waals surface area contributed by atoms with Crippen molar-refractivity contribution in [1.82, 2.24) is 9.97 Å². The summed E-state index contributed by atoms with van der Waals surface area (Å²) < 4.78 is 13.6. The lowest BCUT2D eigenvalue weighted by Crippen LogP contribution is -2.01. The maximum absolute atomic E-state index is 13.6. The number of rotatable bonds is 2. The average molecular weight is 273 g/mol. The van der Waals surface area contributed by atoms with Crippen LogP contribution in [-0.2, 0) is 6.42 Å². The number of nitrogen functional groups attached to an aromatic ring is 1. The Kier molecular flexibility index (Phi) is 2.91. The molecule has 19 heavy (non-hydrogen) atoms. The van der Waals surface area contributed by atoms with Gasteiger partial charge in [0.1, 0.15) is 22.3 Å². The number of hydrogen-bond acceptors (Lipinski definition) is 4. The van der Waals surface area contributed by atoms with Gasteiger partial charge >= 0.3 is 0 Å². The van der Waals surface area contributed by atoms with Gasteiger partial charge < -0.3 is 5.73 Å². The van der Waals surface area contributed by atoms with Gasteiger partial charge in [0.25, 0.3) is 0 Å². The van der Waals surface area contributed by atoms with Crippen LogP contribution in [0.15, 0.2) is 30.3 Å². The minimum absolute atomic E-state index is 0.243. The summed E-state index contributed by atoms with van der Waals surface area (Å²) in [6.07, 6.45) is 0.351. The highest BCUT2D eigenvalue weighted by molar-refractivity contribution is 7.18. The molecule has 1 aromatic carbocycles. The number of aryl methyl sites for hydroxylation is 1. The van der Waals surface area contributed by atoms with Crippen LogP contribution in [0.3, 0.4) is 0 Å². The second-order valence-corrected chi connectivity index (χ2v) is 5.60. The summed E-state index contributed by atoms with van der Waals surface area (Å²) in [5.74, 6) is 0.768. The minimum Gasteiger partial charge on any atom is -0.383 e. The van der Waals surface area contributed by atoms with Crippen molar-refractivity contribution in [2.45, 2.75) is 13.3 Å². The third-order valence-electron chi connectivity index (χ3n) is 2.90. The molecule has 3 nitrogen and oxygen atoms in total. The van der Waals surface area contributed by atoms with Gasteiger partial charge in [-0.25, -0.2) is 14.4 Å². The first-order chi connectivity index (χ1) is 9.13. The van der Waals surface area contributed by atoms with Crippen LogP contribution in [0.2, 0.25) is 0 Å². The van der Waals surface area contributed by atoms with E-state index in [0.29, 0.717) is 23.6 Å². The highest BCUT2D eigenvalue weighted by Crippen LogP contribution is 2.27. The van der Waals surface area contributed by atoms with Crippen LogP contribution in [0.1, 0.15) is 16.3 Å². The molecule has 96 valence electrons. The van der Waals surface area contributed by atoms with Gasteiger partial charge in [0.15, 0.2) is 0 Å². The molecule has 0 fully saturated rings. The number of nitrogens with zero attached hydrogens (tertiary/aromatic N) is 2. The van der Waals surface area contributed by atoms with Crippen molar-refractivity contribution in [3.63, 3.8) is 0 Å². The molecule has 5 heteroatoms. The Hall–Kier alpha value is -2.01. The van der Waals surface area contributed by atoms with E-state index < -0.39 is 0 Å². The van der Waals surface area contributed by atoms with E-state index >= 15 is 0 Å². The van der Waals surface area contributed by atoms with Gasteiger partial charge in [0.05, 0.1) is 5.39 Å². The Bertz CT molecular complexity index is 752. The summed E-state index contributed by atoms with van der Waals surface area (Å²) >= 11 is 1.57. The van der Waals surface area contributed by atoms with Gasteiger partial charge in [0, 0.05) is 11.3 Å². The second kappa shape index (κ2) is 4.59. The number of benzene rings is 1. The van der Waals surface area contributed by atoms with Gasteiger partial charge in [-0.2, -0.15) is 0 Å². The standard InChI is InChI=1S/C14H12FN3S/c1-8-6-10-13(16)17-12(18-14(10)19-8)7-9-4-2-3-5-11(9)15/h2-6H,7H2,1H3,(H2,16,17,18). The fraction of sp³-hybridized carbons (Fsp3) is 0.143. The first kappa shape index (κ1) is 12.0. The summed E-state index contributed by atoms with van der Waals surface area (Å²) in [6, 6.07) is 8.61. The van der Waals surface area contributed by atoms with Gasteiger partial charge in [-0.3, -0.25) is 0 Å². The van der Waals surface area contributed by atoms with E-state index in [0.717, 1.165) is 15.1 Å². The van der Waals surface area contributed by atoms with Crippen molar-refractivity contribution in [3.8, 4) is 0 Å². The summed E-state index contributed by atoms with van der Waals surface area (Å²) in [7, 11) is 0. The van der Waals surface area contributed by atoms with E-state index in [1.54, 1.807) is 29.5 Å². The number of halogens is 1. The van der Waals surface area contributed by atoms with Crippen LogP contribution < -0.4 is 5.73 Å². The second-order valence-electron chi connectivity index (χ2n) is 4.37. The highest BCUT2D eigenvalue weighted by atomic mass is 32.1. The van der Waals surface area contributed by atoms with Crippen LogP contribution in [-0.4, -0.2) is 9.97 Å². The van der Waals surface area contributed by atoms with Crippen molar-refractivity contribution in [2.75, 3.05) is 5.73 Å². The van der Waals surface area contributed by atoms with Crippen molar-refractivity contribution in [2.24, 2.45) is 0 Å². The van der Waals surface area contributed by atoms with Gasteiger partial charge in [0.2, 0.25) is 0 Å². The topological polar surface area (TPSA) is 51.8 Å². The van der Waals surface area contributed by atoms with Crippen molar-refractivity contribution in [1.29, 1.82) is 0 Å². The van der Waals surface area contributed by atoms with E-state index in [-0.39, 0.29) is 5.82 Å². The van der Waals surface area contributed by atoms with Gasteiger partial charge in [-0.1, -0.05) is 18.2 Å². The molecule has 0 saturated heterocycles. The monoisotopic (exact) mass is 273 g/mol. The van der Waals surface area contributed by atoms with Crippen LogP contribution in [0.4, 0.5) is 10.2 Å². The fourth-order valence-electron chi connectivity index (χ4n) is 2.00. The van der Waals surface area contributed by atoms with Crippen molar-refractivity contribution < 1.29 is 4.39 Å². The Labute approximate surface area is 113 Å². The van der Waals surface area contributed by atoms with E-state index in [4.69, 9.17) is 5.73 Å². The molecule has 3 rings (SSSR count). The van der Waals surface area contributed by atoms with Crippen LogP contribution >= 0.6 is 11.3 Å². The zero-order chi connectivity index (χ0) is 13.4. The Morgan fingerprint density at radius 1 is 1.26 bits per heavy atom. The number of thiophene rings is 1. The van der Waals surface area contributed by atoms with Gasteiger partial charge in [-0.05, 0) is 24.6 Å².